The molecular formula is C35H34NOSi+. The normalized spacial score (nSPS) is 13.4. The second-order valence-corrected chi connectivity index (χ2v) is 16.2. The first kappa shape index (κ1) is 21.0. The van der Waals surface area contributed by atoms with E-state index in [2.05, 4.69) is 68.6 Å². The third-order valence-electron chi connectivity index (χ3n) is 7.51. The number of furan rings is 1. The Morgan fingerprint density at radius 1 is 0.737 bits per heavy atom. The fraction of sp³-hybridized carbons (Fsp3) is 0.171. The van der Waals surface area contributed by atoms with Crippen molar-refractivity contribution in [3.8, 4) is 33.5 Å². The molecule has 0 spiro atoms. The smallest absolute Gasteiger partial charge is 0.216 e. The van der Waals surface area contributed by atoms with Crippen LogP contribution in [0, 0.1) is 13.8 Å². The highest BCUT2D eigenvalue weighted by Gasteiger charge is 2.29. The molecule has 2 heterocycles. The van der Waals surface area contributed by atoms with Crippen molar-refractivity contribution in [1.82, 2.24) is 0 Å². The van der Waals surface area contributed by atoms with Crippen LogP contribution < -0.4 is 9.75 Å². The van der Waals surface area contributed by atoms with Crippen LogP contribution in [0.2, 0.25) is 19.6 Å². The van der Waals surface area contributed by atoms with Crippen LogP contribution in [0.15, 0.2) is 102 Å². The Bertz CT molecular complexity index is 1930. The Morgan fingerprint density at radius 2 is 1.50 bits per heavy atom. The van der Waals surface area contributed by atoms with E-state index in [9.17, 15) is 0 Å². The number of rotatable bonds is 4. The van der Waals surface area contributed by atoms with Gasteiger partial charge in [0.1, 0.15) is 18.2 Å². The number of para-hydroxylation sites is 1. The van der Waals surface area contributed by atoms with Crippen LogP contribution in [0.1, 0.15) is 15.2 Å². The van der Waals surface area contributed by atoms with E-state index in [1.165, 1.54) is 5.19 Å². The van der Waals surface area contributed by atoms with Crippen LogP contribution in [-0.2, 0) is 7.05 Å². The Kier molecular flexibility index (Phi) is 5.04. The average molecular weight is 516 g/mol. The van der Waals surface area contributed by atoms with Gasteiger partial charge >= 0.3 is 0 Å². The molecule has 0 saturated heterocycles. The Morgan fingerprint density at radius 3 is 2.26 bits per heavy atom. The molecule has 0 amide bonds. The number of nitrogens with zero attached hydrogens (tertiary/aromatic N) is 1. The van der Waals surface area contributed by atoms with Crippen LogP contribution in [0.3, 0.4) is 0 Å². The standard InChI is InChI=1S/C35H34NOSi/c1-23-16-18-29-28-14-10-11-15-32(28)37-35(29)34(23)31-21-30(33(22-36(31)3)38(4,5)6)27-19-17-26(20-24(27)2)25-12-8-7-9-13-25/h7-22H,1-6H3/q+1/i2D3. The largest absolute Gasteiger partial charge is 0.455 e. The van der Waals surface area contributed by atoms with Gasteiger partial charge in [-0.05, 0) is 53.2 Å². The monoisotopic (exact) mass is 515 g/mol. The lowest BCUT2D eigenvalue weighted by molar-refractivity contribution is -0.659. The topological polar surface area (TPSA) is 17.0 Å². The zero-order valence-corrected chi connectivity index (χ0v) is 23.6. The molecule has 6 aromatic rings. The van der Waals surface area contributed by atoms with Crippen LogP contribution >= 0.6 is 0 Å². The van der Waals surface area contributed by atoms with E-state index in [-0.39, 0.29) is 0 Å². The number of hydrogen-bond acceptors (Lipinski definition) is 1. The molecule has 2 nitrogen and oxygen atoms in total. The summed E-state index contributed by atoms with van der Waals surface area (Å²) in [5.74, 6) is 0. The van der Waals surface area contributed by atoms with Gasteiger partial charge < -0.3 is 4.42 Å². The molecule has 0 aliphatic carbocycles. The number of benzene rings is 4. The molecule has 0 bridgehead atoms. The van der Waals surface area contributed by atoms with E-state index in [4.69, 9.17) is 8.53 Å². The average Bonchev–Trinajstić information content (AvgIpc) is 3.31. The van der Waals surface area contributed by atoms with Gasteiger partial charge in [0, 0.05) is 26.1 Å². The maximum Gasteiger partial charge on any atom is 0.216 e. The summed E-state index contributed by atoms with van der Waals surface area (Å²) in [5.41, 5.74) is 8.86. The van der Waals surface area contributed by atoms with Gasteiger partial charge in [0.2, 0.25) is 5.69 Å². The highest BCUT2D eigenvalue weighted by Crippen LogP contribution is 2.38. The molecule has 3 heteroatoms. The van der Waals surface area contributed by atoms with Gasteiger partial charge in [0.05, 0.1) is 13.6 Å². The second kappa shape index (κ2) is 9.11. The summed E-state index contributed by atoms with van der Waals surface area (Å²) < 4.78 is 34.3. The summed E-state index contributed by atoms with van der Waals surface area (Å²) in [5, 5.41) is 3.38. The van der Waals surface area contributed by atoms with E-state index in [0.29, 0.717) is 5.56 Å². The van der Waals surface area contributed by atoms with Gasteiger partial charge in [-0.1, -0.05) is 98.5 Å². The molecule has 0 saturated carbocycles. The first-order chi connectivity index (χ1) is 19.4. The van der Waals surface area contributed by atoms with Crippen molar-refractivity contribution < 1.29 is 13.1 Å². The van der Waals surface area contributed by atoms with Crippen LogP contribution in [0.5, 0.6) is 0 Å². The molecule has 0 radical (unpaired) electrons. The summed E-state index contributed by atoms with van der Waals surface area (Å²) in [6.45, 7) is 6.76. The van der Waals surface area contributed by atoms with Gasteiger partial charge in [0.15, 0.2) is 6.20 Å². The van der Waals surface area contributed by atoms with Gasteiger partial charge in [-0.3, -0.25) is 0 Å². The minimum Gasteiger partial charge on any atom is -0.455 e. The van der Waals surface area contributed by atoms with Gasteiger partial charge in [0.25, 0.3) is 0 Å². The minimum absolute atomic E-state index is 0.372. The van der Waals surface area contributed by atoms with Crippen LogP contribution in [-0.4, -0.2) is 8.07 Å². The number of aromatic nitrogens is 1. The molecule has 4 aromatic carbocycles. The molecule has 2 aromatic heterocycles. The number of hydrogen-bond donors (Lipinski definition) is 0. The third kappa shape index (κ3) is 4.08. The predicted molar refractivity (Wildman–Crippen MR) is 164 cm³/mol. The van der Waals surface area contributed by atoms with E-state index < -0.39 is 14.9 Å². The Balaban J connectivity index is 1.66. The van der Waals surface area contributed by atoms with E-state index >= 15 is 0 Å². The lowest BCUT2D eigenvalue weighted by atomic mass is 9.94. The first-order valence-electron chi connectivity index (χ1n) is 14.6. The van der Waals surface area contributed by atoms with Crippen molar-refractivity contribution in [1.29, 1.82) is 0 Å². The summed E-state index contributed by atoms with van der Waals surface area (Å²) in [4.78, 5) is 0. The highest BCUT2D eigenvalue weighted by atomic mass is 28.3. The molecule has 0 atom stereocenters. The van der Waals surface area contributed by atoms with Crippen LogP contribution in [0.25, 0.3) is 55.4 Å². The van der Waals surface area contributed by atoms with Crippen molar-refractivity contribution in [2.75, 3.05) is 0 Å². The second-order valence-electron chi connectivity index (χ2n) is 11.2. The molecular weight excluding hydrogens is 478 g/mol. The van der Waals surface area contributed by atoms with Gasteiger partial charge in [-0.25, -0.2) is 4.57 Å². The van der Waals surface area contributed by atoms with Gasteiger partial charge in [-0.2, -0.15) is 0 Å². The van der Waals surface area contributed by atoms with Crippen molar-refractivity contribution in [2.24, 2.45) is 7.05 Å². The molecule has 38 heavy (non-hydrogen) atoms. The zero-order chi connectivity index (χ0) is 29.1. The summed E-state index contributed by atoms with van der Waals surface area (Å²) in [6.07, 6.45) is 2.21. The SMILES string of the molecule is [2H]C([2H])([2H])c1cc(-c2ccccc2)ccc1-c1cc(-c2c(C)ccc3c2oc2ccccc23)[n+](C)cc1[Si](C)(C)C. The third-order valence-corrected chi connectivity index (χ3v) is 9.52. The number of aryl methyl sites for hydroxylation is 3. The van der Waals surface area contributed by atoms with Crippen molar-refractivity contribution in [2.45, 2.75) is 33.4 Å². The molecule has 188 valence electrons. The Labute approximate surface area is 230 Å². The summed E-state index contributed by atoms with van der Waals surface area (Å²) >= 11 is 0. The predicted octanol–water partition coefficient (Wildman–Crippen LogP) is 8.57. The fourth-order valence-electron chi connectivity index (χ4n) is 5.51. The lowest BCUT2D eigenvalue weighted by Crippen LogP contribution is -2.46. The van der Waals surface area contributed by atoms with Crippen molar-refractivity contribution in [3.63, 3.8) is 0 Å². The number of fused-ring (bicyclic) bond motifs is 3. The molecule has 0 N–H and O–H groups in total. The molecule has 0 aliphatic rings. The lowest BCUT2D eigenvalue weighted by Gasteiger charge is -2.22. The van der Waals surface area contributed by atoms with E-state index in [0.717, 1.165) is 61.0 Å². The maximum absolute atomic E-state index is 8.54. The summed E-state index contributed by atoms with van der Waals surface area (Å²) in [7, 11) is 0.179. The highest BCUT2D eigenvalue weighted by molar-refractivity contribution is 6.89. The molecule has 0 unspecified atom stereocenters. The zero-order valence-electron chi connectivity index (χ0n) is 25.6. The van der Waals surface area contributed by atoms with Crippen molar-refractivity contribution >= 4 is 35.2 Å². The Hall–Kier alpha value is -3.95. The molecule has 6 rings (SSSR count). The summed E-state index contributed by atoms with van der Waals surface area (Å²) in [6, 6.07) is 30.5. The van der Waals surface area contributed by atoms with Gasteiger partial charge in [-0.15, -0.1) is 0 Å². The fourth-order valence-corrected chi connectivity index (χ4v) is 7.11. The minimum atomic E-state index is -2.27. The molecule has 0 fully saturated rings. The van der Waals surface area contributed by atoms with E-state index in [1.54, 1.807) is 0 Å². The molecule has 0 aliphatic heterocycles. The van der Waals surface area contributed by atoms with Crippen LogP contribution in [0.4, 0.5) is 0 Å². The van der Waals surface area contributed by atoms with Crippen molar-refractivity contribution in [3.05, 3.63) is 108 Å². The quantitative estimate of drug-likeness (QED) is 0.170. The van der Waals surface area contributed by atoms with E-state index in [1.807, 2.05) is 66.7 Å². The first-order valence-corrected chi connectivity index (χ1v) is 16.6. The maximum atomic E-state index is 8.54. The number of pyridine rings is 1.